The average molecular weight is 519 g/mol. The molecule has 0 aliphatic carbocycles. The number of carbonyl (C=O) groups is 1. The lowest BCUT2D eigenvalue weighted by Crippen LogP contribution is -2.43. The molecule has 4 rings (SSSR count). The van der Waals surface area contributed by atoms with Gasteiger partial charge in [0.2, 0.25) is 17.6 Å². The Labute approximate surface area is 214 Å². The van der Waals surface area contributed by atoms with E-state index in [4.69, 9.17) is 37.2 Å². The SMILES string of the molecule is COc1ccc(CN(C)C(=O)C2CCCN(Cc3nc(-c4ccc(Cl)cc4Cl)no3)C2)cc1OC. The number of amides is 1. The maximum atomic E-state index is 13.2. The maximum absolute atomic E-state index is 13.2. The van der Waals surface area contributed by atoms with Crippen LogP contribution in [0.15, 0.2) is 40.9 Å². The fraction of sp³-hybridized carbons (Fsp3) is 0.400. The Morgan fingerprint density at radius 1 is 1.17 bits per heavy atom. The van der Waals surface area contributed by atoms with Crippen molar-refractivity contribution in [1.82, 2.24) is 19.9 Å². The summed E-state index contributed by atoms with van der Waals surface area (Å²) in [5.74, 6) is 2.23. The van der Waals surface area contributed by atoms with Crippen molar-refractivity contribution in [2.24, 2.45) is 5.92 Å². The third kappa shape index (κ3) is 6.07. The van der Waals surface area contributed by atoms with E-state index in [9.17, 15) is 4.79 Å². The summed E-state index contributed by atoms with van der Waals surface area (Å²) in [6, 6.07) is 10.8. The molecule has 2 heterocycles. The molecule has 1 unspecified atom stereocenters. The summed E-state index contributed by atoms with van der Waals surface area (Å²) in [5, 5.41) is 5.07. The molecule has 0 N–H and O–H groups in total. The summed E-state index contributed by atoms with van der Waals surface area (Å²) < 4.78 is 16.1. The lowest BCUT2D eigenvalue weighted by molar-refractivity contribution is -0.136. The lowest BCUT2D eigenvalue weighted by atomic mass is 9.96. The highest BCUT2D eigenvalue weighted by Crippen LogP contribution is 2.30. The Hall–Kier alpha value is -2.81. The van der Waals surface area contributed by atoms with Gasteiger partial charge in [-0.3, -0.25) is 9.69 Å². The van der Waals surface area contributed by atoms with E-state index in [0.717, 1.165) is 24.9 Å². The first-order valence-electron chi connectivity index (χ1n) is 11.3. The zero-order chi connectivity index (χ0) is 24.9. The molecular weight excluding hydrogens is 491 g/mol. The molecule has 3 aromatic rings. The number of ether oxygens (including phenoxy) is 2. The van der Waals surface area contributed by atoms with Crippen molar-refractivity contribution in [3.05, 3.63) is 57.9 Å². The van der Waals surface area contributed by atoms with Crippen LogP contribution in [0.3, 0.4) is 0 Å². The minimum Gasteiger partial charge on any atom is -0.493 e. The van der Waals surface area contributed by atoms with E-state index in [2.05, 4.69) is 15.0 Å². The minimum atomic E-state index is -0.0954. The number of likely N-dealkylation sites (tertiary alicyclic amines) is 1. The van der Waals surface area contributed by atoms with Crippen LogP contribution in [0.25, 0.3) is 11.4 Å². The summed E-state index contributed by atoms with van der Waals surface area (Å²) in [6.45, 7) is 2.46. The Morgan fingerprint density at radius 3 is 2.71 bits per heavy atom. The zero-order valence-electron chi connectivity index (χ0n) is 20.0. The van der Waals surface area contributed by atoms with Gasteiger partial charge in [0.15, 0.2) is 11.5 Å². The fourth-order valence-electron chi connectivity index (χ4n) is 4.33. The number of hydrogen-bond donors (Lipinski definition) is 0. The fourth-order valence-corrected chi connectivity index (χ4v) is 4.83. The molecular formula is C25H28Cl2N4O4. The van der Waals surface area contributed by atoms with E-state index in [0.29, 0.717) is 58.5 Å². The maximum Gasteiger partial charge on any atom is 0.241 e. The molecule has 10 heteroatoms. The number of hydrogen-bond acceptors (Lipinski definition) is 7. The van der Waals surface area contributed by atoms with Crippen molar-refractivity contribution in [3.8, 4) is 22.9 Å². The van der Waals surface area contributed by atoms with Gasteiger partial charge in [-0.15, -0.1) is 0 Å². The van der Waals surface area contributed by atoms with Gasteiger partial charge in [-0.25, -0.2) is 0 Å². The smallest absolute Gasteiger partial charge is 0.241 e. The van der Waals surface area contributed by atoms with E-state index in [-0.39, 0.29) is 11.8 Å². The van der Waals surface area contributed by atoms with Gasteiger partial charge in [-0.05, 0) is 55.3 Å². The monoisotopic (exact) mass is 518 g/mol. The molecule has 0 saturated carbocycles. The van der Waals surface area contributed by atoms with Crippen LogP contribution in [0.4, 0.5) is 0 Å². The van der Waals surface area contributed by atoms with Gasteiger partial charge in [0.1, 0.15) is 0 Å². The summed E-state index contributed by atoms with van der Waals surface area (Å²) in [4.78, 5) is 21.6. The van der Waals surface area contributed by atoms with Crippen molar-refractivity contribution < 1.29 is 18.8 Å². The Morgan fingerprint density at radius 2 is 1.97 bits per heavy atom. The number of aromatic nitrogens is 2. The van der Waals surface area contributed by atoms with E-state index < -0.39 is 0 Å². The number of rotatable bonds is 8. The van der Waals surface area contributed by atoms with Gasteiger partial charge in [0.25, 0.3) is 0 Å². The summed E-state index contributed by atoms with van der Waals surface area (Å²) in [7, 11) is 5.03. The van der Waals surface area contributed by atoms with E-state index in [1.807, 2.05) is 25.2 Å². The third-order valence-corrected chi connectivity index (χ3v) is 6.65. The van der Waals surface area contributed by atoms with Crippen LogP contribution >= 0.6 is 23.2 Å². The normalized spacial score (nSPS) is 16.2. The number of halogens is 2. The second-order valence-electron chi connectivity index (χ2n) is 8.59. The molecule has 0 bridgehead atoms. The molecule has 1 amide bonds. The molecule has 186 valence electrons. The summed E-state index contributed by atoms with van der Waals surface area (Å²) >= 11 is 12.2. The van der Waals surface area contributed by atoms with E-state index >= 15 is 0 Å². The van der Waals surface area contributed by atoms with Crippen molar-refractivity contribution in [1.29, 1.82) is 0 Å². The van der Waals surface area contributed by atoms with Crippen LogP contribution in [0.2, 0.25) is 10.0 Å². The van der Waals surface area contributed by atoms with Gasteiger partial charge >= 0.3 is 0 Å². The predicted molar refractivity (Wildman–Crippen MR) is 134 cm³/mol. The van der Waals surface area contributed by atoms with Crippen LogP contribution in [0.5, 0.6) is 11.5 Å². The minimum absolute atomic E-state index is 0.0954. The number of carbonyl (C=O) groups excluding carboxylic acids is 1. The molecule has 2 aromatic carbocycles. The summed E-state index contributed by atoms with van der Waals surface area (Å²) in [6.07, 6.45) is 1.77. The number of benzene rings is 2. The zero-order valence-corrected chi connectivity index (χ0v) is 21.5. The van der Waals surface area contributed by atoms with E-state index in [1.165, 1.54) is 0 Å². The van der Waals surface area contributed by atoms with Gasteiger partial charge in [0, 0.05) is 30.7 Å². The van der Waals surface area contributed by atoms with Crippen molar-refractivity contribution >= 4 is 29.1 Å². The molecule has 1 saturated heterocycles. The van der Waals surface area contributed by atoms with Crippen LogP contribution in [0, 0.1) is 5.92 Å². The highest BCUT2D eigenvalue weighted by atomic mass is 35.5. The number of piperidine rings is 1. The van der Waals surface area contributed by atoms with Gasteiger partial charge in [-0.1, -0.05) is 34.4 Å². The first-order valence-corrected chi connectivity index (χ1v) is 12.1. The largest absolute Gasteiger partial charge is 0.493 e. The molecule has 35 heavy (non-hydrogen) atoms. The van der Waals surface area contributed by atoms with Crippen LogP contribution in [0.1, 0.15) is 24.3 Å². The van der Waals surface area contributed by atoms with E-state index in [1.54, 1.807) is 37.3 Å². The second kappa shape index (κ2) is 11.3. The number of nitrogens with zero attached hydrogens (tertiary/aromatic N) is 4. The molecule has 8 nitrogen and oxygen atoms in total. The molecule has 0 spiro atoms. The topological polar surface area (TPSA) is 80.9 Å². The highest BCUT2D eigenvalue weighted by molar-refractivity contribution is 6.36. The Kier molecular flexibility index (Phi) is 8.15. The number of methoxy groups -OCH3 is 2. The second-order valence-corrected chi connectivity index (χ2v) is 9.44. The molecule has 1 atom stereocenters. The van der Waals surface area contributed by atoms with Crippen LogP contribution < -0.4 is 9.47 Å². The van der Waals surface area contributed by atoms with Crippen molar-refractivity contribution in [2.75, 3.05) is 34.4 Å². The third-order valence-electron chi connectivity index (χ3n) is 6.10. The molecule has 1 fully saturated rings. The first kappa shape index (κ1) is 25.3. The molecule has 1 aliphatic heterocycles. The average Bonchev–Trinajstić information content (AvgIpc) is 3.31. The van der Waals surface area contributed by atoms with Crippen LogP contribution in [-0.2, 0) is 17.9 Å². The molecule has 1 aliphatic rings. The standard InChI is InChI=1S/C25H28Cl2N4O4/c1-30(13-16-6-9-21(33-2)22(11-16)34-3)25(32)17-5-4-10-31(14-17)15-23-28-24(29-35-23)19-8-7-18(26)12-20(19)27/h6-9,11-12,17H,4-5,10,13-15H2,1-3H3. The first-order chi connectivity index (χ1) is 16.9. The summed E-state index contributed by atoms with van der Waals surface area (Å²) in [5.41, 5.74) is 1.64. The Balaban J connectivity index is 1.36. The quantitative estimate of drug-likeness (QED) is 0.418. The predicted octanol–water partition coefficient (Wildman–Crippen LogP) is 4.93. The van der Waals surface area contributed by atoms with Crippen LogP contribution in [-0.4, -0.2) is 60.2 Å². The van der Waals surface area contributed by atoms with Crippen molar-refractivity contribution in [3.63, 3.8) is 0 Å². The Bertz CT molecular complexity index is 1190. The molecule has 1 aromatic heterocycles. The van der Waals surface area contributed by atoms with Crippen molar-refractivity contribution in [2.45, 2.75) is 25.9 Å². The highest BCUT2D eigenvalue weighted by Gasteiger charge is 2.29. The lowest BCUT2D eigenvalue weighted by Gasteiger charge is -2.33. The van der Waals surface area contributed by atoms with Gasteiger partial charge in [-0.2, -0.15) is 4.98 Å². The van der Waals surface area contributed by atoms with Gasteiger partial charge in [0.05, 0.1) is 31.7 Å². The molecule has 0 radical (unpaired) electrons. The van der Waals surface area contributed by atoms with Gasteiger partial charge < -0.3 is 18.9 Å².